The Morgan fingerprint density at radius 3 is 1.65 bits per heavy atom. The molecule has 0 aromatic heterocycles. The van der Waals surface area contributed by atoms with Gasteiger partial charge in [-0.25, -0.2) is 0 Å². The van der Waals surface area contributed by atoms with E-state index in [1.807, 2.05) is 0 Å². The van der Waals surface area contributed by atoms with Gasteiger partial charge >= 0.3 is 11.9 Å². The van der Waals surface area contributed by atoms with Gasteiger partial charge in [0.15, 0.2) is 0 Å². The first-order chi connectivity index (χ1) is 11.2. The molecule has 23 heavy (non-hydrogen) atoms. The quantitative estimate of drug-likeness (QED) is 0.452. The molecule has 0 amide bonds. The molecule has 132 valence electrons. The third-order valence-electron chi connectivity index (χ3n) is 4.39. The standard InChI is InChI=1S/C17H28O6/c18-16-4-2-14(12-22-16)6-10-20-8-1-9-21-11-7-15-3-5-17(19)23-13-15/h14-15H,1-13H2. The molecule has 2 fully saturated rings. The van der Waals surface area contributed by atoms with Gasteiger partial charge in [0, 0.05) is 39.3 Å². The number of hydrogen-bond acceptors (Lipinski definition) is 6. The van der Waals surface area contributed by atoms with Crippen molar-refractivity contribution < 1.29 is 28.5 Å². The Morgan fingerprint density at radius 1 is 0.783 bits per heavy atom. The number of rotatable bonds is 10. The van der Waals surface area contributed by atoms with Gasteiger partial charge in [0.2, 0.25) is 0 Å². The summed E-state index contributed by atoms with van der Waals surface area (Å²) >= 11 is 0. The second kappa shape index (κ2) is 10.6. The SMILES string of the molecule is O=C1CCC(CCOCCCOCCC2CCC(=O)OC2)CO1. The molecule has 6 heteroatoms. The molecule has 2 heterocycles. The van der Waals surface area contributed by atoms with Gasteiger partial charge in [0.05, 0.1) is 13.2 Å². The smallest absolute Gasteiger partial charge is 0.305 e. The average Bonchev–Trinajstić information content (AvgIpc) is 2.56. The summed E-state index contributed by atoms with van der Waals surface area (Å²) in [5, 5.41) is 0. The van der Waals surface area contributed by atoms with Crippen molar-refractivity contribution in [1.29, 1.82) is 0 Å². The van der Waals surface area contributed by atoms with Crippen LogP contribution in [0.25, 0.3) is 0 Å². The minimum atomic E-state index is -0.0781. The Labute approximate surface area is 137 Å². The van der Waals surface area contributed by atoms with E-state index in [4.69, 9.17) is 18.9 Å². The lowest BCUT2D eigenvalue weighted by atomic mass is 9.99. The zero-order valence-electron chi connectivity index (χ0n) is 13.8. The number of carbonyl (C=O) groups is 2. The second-order valence-electron chi connectivity index (χ2n) is 6.33. The summed E-state index contributed by atoms with van der Waals surface area (Å²) in [5.74, 6) is 0.749. The summed E-state index contributed by atoms with van der Waals surface area (Å²) in [4.78, 5) is 21.9. The molecule has 2 aliphatic heterocycles. The maximum Gasteiger partial charge on any atom is 0.305 e. The highest BCUT2D eigenvalue weighted by molar-refractivity contribution is 5.70. The Bertz CT molecular complexity index is 316. The second-order valence-corrected chi connectivity index (χ2v) is 6.33. The highest BCUT2D eigenvalue weighted by atomic mass is 16.5. The molecule has 0 bridgehead atoms. The van der Waals surface area contributed by atoms with Crippen molar-refractivity contribution in [3.63, 3.8) is 0 Å². The lowest BCUT2D eigenvalue weighted by Crippen LogP contribution is -2.23. The van der Waals surface area contributed by atoms with Gasteiger partial charge in [0.1, 0.15) is 0 Å². The Hall–Kier alpha value is -1.14. The third kappa shape index (κ3) is 7.79. The largest absolute Gasteiger partial charge is 0.465 e. The molecule has 2 atom stereocenters. The van der Waals surface area contributed by atoms with Crippen LogP contribution in [0.15, 0.2) is 0 Å². The van der Waals surface area contributed by atoms with E-state index < -0.39 is 0 Å². The normalized spacial score (nSPS) is 25.0. The van der Waals surface area contributed by atoms with Gasteiger partial charge < -0.3 is 18.9 Å². The fourth-order valence-corrected chi connectivity index (χ4v) is 2.80. The van der Waals surface area contributed by atoms with Crippen LogP contribution >= 0.6 is 0 Å². The van der Waals surface area contributed by atoms with Crippen molar-refractivity contribution in [2.45, 2.75) is 44.9 Å². The van der Waals surface area contributed by atoms with Crippen LogP contribution in [-0.4, -0.2) is 51.6 Å². The molecule has 6 nitrogen and oxygen atoms in total. The summed E-state index contributed by atoms with van der Waals surface area (Å²) in [6.45, 7) is 3.93. The van der Waals surface area contributed by atoms with Crippen molar-refractivity contribution in [2.75, 3.05) is 39.6 Å². The van der Waals surface area contributed by atoms with Gasteiger partial charge in [-0.1, -0.05) is 0 Å². The van der Waals surface area contributed by atoms with Gasteiger partial charge in [-0.15, -0.1) is 0 Å². The van der Waals surface area contributed by atoms with Gasteiger partial charge in [0.25, 0.3) is 0 Å². The molecule has 2 saturated heterocycles. The van der Waals surface area contributed by atoms with Crippen LogP contribution in [0.3, 0.4) is 0 Å². The minimum Gasteiger partial charge on any atom is -0.465 e. The van der Waals surface area contributed by atoms with Crippen molar-refractivity contribution in [3.8, 4) is 0 Å². The molecule has 0 aliphatic carbocycles. The summed E-state index contributed by atoms with van der Waals surface area (Å²) < 4.78 is 21.2. The van der Waals surface area contributed by atoms with Crippen LogP contribution in [0.1, 0.15) is 44.9 Å². The molecular formula is C17H28O6. The van der Waals surface area contributed by atoms with E-state index in [1.54, 1.807) is 0 Å². The monoisotopic (exact) mass is 328 g/mol. The van der Waals surface area contributed by atoms with Crippen molar-refractivity contribution in [2.24, 2.45) is 11.8 Å². The van der Waals surface area contributed by atoms with Gasteiger partial charge in [-0.2, -0.15) is 0 Å². The number of hydrogen-bond donors (Lipinski definition) is 0. The first-order valence-electron chi connectivity index (χ1n) is 8.71. The molecule has 0 spiro atoms. The van der Waals surface area contributed by atoms with Crippen molar-refractivity contribution in [1.82, 2.24) is 0 Å². The maximum absolute atomic E-state index is 10.9. The highest BCUT2D eigenvalue weighted by Crippen LogP contribution is 2.18. The molecule has 2 aliphatic rings. The lowest BCUT2D eigenvalue weighted by molar-refractivity contribution is -0.150. The van der Waals surface area contributed by atoms with Crippen LogP contribution in [0.4, 0.5) is 0 Å². The van der Waals surface area contributed by atoms with Crippen LogP contribution < -0.4 is 0 Å². The van der Waals surface area contributed by atoms with E-state index in [0.717, 1.165) is 45.3 Å². The molecule has 2 unspecified atom stereocenters. The zero-order chi connectivity index (χ0) is 16.3. The number of cyclic esters (lactones) is 2. The fraction of sp³-hybridized carbons (Fsp3) is 0.882. The van der Waals surface area contributed by atoms with E-state index in [1.165, 1.54) is 0 Å². The summed E-state index contributed by atoms with van der Waals surface area (Å²) in [6.07, 6.45) is 5.71. The van der Waals surface area contributed by atoms with Gasteiger partial charge in [-0.05, 0) is 43.9 Å². The van der Waals surface area contributed by atoms with Crippen LogP contribution in [0, 0.1) is 11.8 Å². The molecule has 2 rings (SSSR count). The van der Waals surface area contributed by atoms with E-state index in [0.29, 0.717) is 51.1 Å². The predicted octanol–water partition coefficient (Wildman–Crippen LogP) is 2.10. The van der Waals surface area contributed by atoms with Crippen LogP contribution in [0.2, 0.25) is 0 Å². The van der Waals surface area contributed by atoms with Crippen molar-refractivity contribution in [3.05, 3.63) is 0 Å². The first-order valence-corrected chi connectivity index (χ1v) is 8.71. The Kier molecular flexibility index (Phi) is 8.39. The molecule has 0 radical (unpaired) electrons. The number of esters is 2. The van der Waals surface area contributed by atoms with E-state index in [-0.39, 0.29) is 11.9 Å². The highest BCUT2D eigenvalue weighted by Gasteiger charge is 2.20. The number of ether oxygens (including phenoxy) is 4. The summed E-state index contributed by atoms with van der Waals surface area (Å²) in [6, 6.07) is 0. The molecule has 0 aromatic rings. The van der Waals surface area contributed by atoms with Crippen LogP contribution in [0.5, 0.6) is 0 Å². The summed E-state index contributed by atoms with van der Waals surface area (Å²) in [7, 11) is 0. The van der Waals surface area contributed by atoms with Crippen LogP contribution in [-0.2, 0) is 28.5 Å². The van der Waals surface area contributed by atoms with E-state index in [9.17, 15) is 9.59 Å². The first kappa shape index (κ1) is 18.2. The van der Waals surface area contributed by atoms with Gasteiger partial charge in [-0.3, -0.25) is 9.59 Å². The maximum atomic E-state index is 10.9. The Balaban J connectivity index is 1.33. The lowest BCUT2D eigenvalue weighted by Gasteiger charge is -2.21. The minimum absolute atomic E-state index is 0.0781. The summed E-state index contributed by atoms with van der Waals surface area (Å²) in [5.41, 5.74) is 0. The third-order valence-corrected chi connectivity index (χ3v) is 4.39. The van der Waals surface area contributed by atoms with E-state index in [2.05, 4.69) is 0 Å². The topological polar surface area (TPSA) is 71.1 Å². The van der Waals surface area contributed by atoms with E-state index >= 15 is 0 Å². The molecule has 0 aromatic carbocycles. The molecular weight excluding hydrogens is 300 g/mol. The fourth-order valence-electron chi connectivity index (χ4n) is 2.80. The molecule has 0 N–H and O–H groups in total. The average molecular weight is 328 g/mol. The predicted molar refractivity (Wildman–Crippen MR) is 82.9 cm³/mol. The Morgan fingerprint density at radius 2 is 1.26 bits per heavy atom. The number of carbonyl (C=O) groups excluding carboxylic acids is 2. The molecule has 0 saturated carbocycles. The van der Waals surface area contributed by atoms with Crippen molar-refractivity contribution >= 4 is 11.9 Å². The zero-order valence-corrected chi connectivity index (χ0v) is 13.8.